The number of likely N-dealkylation sites (tertiary alicyclic amines) is 3. The minimum atomic E-state index is -1.81. The Morgan fingerprint density at radius 1 is 0.556 bits per heavy atom. The molecule has 3 spiro atoms. The van der Waals surface area contributed by atoms with Crippen LogP contribution < -0.4 is 19.9 Å². The molecular formula is C84H99N9O14Si. The van der Waals surface area contributed by atoms with Crippen molar-refractivity contribution in [2.45, 2.75) is 151 Å². The van der Waals surface area contributed by atoms with E-state index in [4.69, 9.17) is 43.7 Å². The Hall–Kier alpha value is -9.75. The van der Waals surface area contributed by atoms with E-state index in [0.717, 1.165) is 127 Å². The van der Waals surface area contributed by atoms with Crippen molar-refractivity contribution in [2.24, 2.45) is 28.6 Å². The molecular weight excluding hydrogens is 1390 g/mol. The molecule has 9 aliphatic rings. The molecule has 3 saturated heterocycles. The van der Waals surface area contributed by atoms with Gasteiger partial charge in [0, 0.05) is 103 Å². The maximum absolute atomic E-state index is 12.8. The first-order valence-electron chi connectivity index (χ1n) is 38.2. The van der Waals surface area contributed by atoms with Gasteiger partial charge >= 0.3 is 5.97 Å². The highest BCUT2D eigenvalue weighted by Gasteiger charge is 2.52. The Labute approximate surface area is 630 Å². The van der Waals surface area contributed by atoms with Crippen molar-refractivity contribution in [3.63, 3.8) is 0 Å². The van der Waals surface area contributed by atoms with Gasteiger partial charge in [-0.25, -0.2) is 4.79 Å². The normalized spacial score (nSPS) is 21.2. The predicted octanol–water partition coefficient (Wildman–Crippen LogP) is 12.6. The van der Waals surface area contributed by atoms with Crippen molar-refractivity contribution in [2.75, 3.05) is 78.9 Å². The largest absolute Gasteiger partial charge is 0.493 e. The van der Waals surface area contributed by atoms with Gasteiger partial charge in [0.15, 0.2) is 14.2 Å². The van der Waals surface area contributed by atoms with Crippen molar-refractivity contribution in [3.05, 3.63) is 172 Å². The summed E-state index contributed by atoms with van der Waals surface area (Å²) in [4.78, 5) is 63.2. The maximum Gasteiger partial charge on any atom is 0.335 e. The number of nitrogens with zero attached hydrogens (tertiary/aromatic N) is 8. The molecule has 3 atom stereocenters. The molecule has 0 radical (unpaired) electrons. The highest BCUT2D eigenvalue weighted by Crippen LogP contribution is 2.51. The number of hydrogen-bond acceptors (Lipinski definition) is 18. The number of amidine groups is 1. The van der Waals surface area contributed by atoms with E-state index in [9.17, 15) is 29.4 Å². The SMILES string of the molecule is CC(C)(C)[Si](C)(C)OCCN1CC2(CCc3c(C(N)=NO)cccc32)CC1=O.O=C(O)c1ccc(OCC2CC2)cc1.O=C1CC2(CCc3c(-c4noc(-c5ccc(OCC6CC6)cc5)n4)cccc32)CN1CCO.O=C1CC2(CCc3c(-c4noc(-c5ccc(OCC6CC6)cc5)n4)cccc32)CN1CCO. The lowest BCUT2D eigenvalue weighted by Gasteiger charge is -2.36. The van der Waals surface area contributed by atoms with Crippen LogP contribution >= 0.6 is 0 Å². The van der Waals surface area contributed by atoms with Gasteiger partial charge in [0.05, 0.1) is 45.2 Å². The van der Waals surface area contributed by atoms with Crippen LogP contribution in [-0.2, 0) is 54.3 Å². The Kier molecular flexibility index (Phi) is 21.9. The first-order chi connectivity index (χ1) is 52.1. The molecule has 6 aliphatic carbocycles. The number of nitrogens with two attached hydrogens (primary N) is 1. The van der Waals surface area contributed by atoms with Gasteiger partial charge in [-0.1, -0.05) is 90.8 Å². The number of carboxylic acid groups (broad SMARTS) is 1. The summed E-state index contributed by atoms with van der Waals surface area (Å²) in [6, 6.07) is 40.4. The van der Waals surface area contributed by atoms with Gasteiger partial charge in [-0.15, -0.1) is 0 Å². The molecule has 108 heavy (non-hydrogen) atoms. The van der Waals surface area contributed by atoms with Crippen LogP contribution in [0.5, 0.6) is 17.2 Å². The van der Waals surface area contributed by atoms with E-state index < -0.39 is 14.3 Å². The number of aliphatic hydroxyl groups excluding tert-OH is 2. The summed E-state index contributed by atoms with van der Waals surface area (Å²) in [5.74, 6) is 6.40. The van der Waals surface area contributed by atoms with Crippen LogP contribution in [-0.4, -0.2) is 172 Å². The third kappa shape index (κ3) is 16.5. The monoisotopic (exact) mass is 1490 g/mol. The minimum Gasteiger partial charge on any atom is -0.493 e. The summed E-state index contributed by atoms with van der Waals surface area (Å²) in [7, 11) is -1.81. The molecule has 5 heterocycles. The van der Waals surface area contributed by atoms with Crippen molar-refractivity contribution >= 4 is 37.8 Å². The Morgan fingerprint density at radius 2 is 0.935 bits per heavy atom. The van der Waals surface area contributed by atoms with Gasteiger partial charge in [-0.2, -0.15) is 9.97 Å². The molecule has 6 N–H and O–H groups in total. The van der Waals surface area contributed by atoms with Crippen molar-refractivity contribution in [1.29, 1.82) is 0 Å². The molecule has 23 nitrogen and oxygen atoms in total. The van der Waals surface area contributed by atoms with Gasteiger partial charge in [-0.05, 0) is 219 Å². The van der Waals surface area contributed by atoms with Crippen molar-refractivity contribution in [3.8, 4) is 62.9 Å². The Bertz CT molecular complexity index is 4410. The molecule has 2 aromatic heterocycles. The predicted molar refractivity (Wildman–Crippen MR) is 408 cm³/mol. The van der Waals surface area contributed by atoms with Crippen LogP contribution in [0, 0.1) is 17.8 Å². The first kappa shape index (κ1) is 75.1. The fraction of sp³-hybridized carbons (Fsp3) is 0.464. The summed E-state index contributed by atoms with van der Waals surface area (Å²) in [6.45, 7) is 17.5. The number of rotatable bonds is 23. The highest BCUT2D eigenvalue weighted by molar-refractivity contribution is 6.74. The van der Waals surface area contributed by atoms with E-state index in [-0.39, 0.29) is 58.1 Å². The van der Waals surface area contributed by atoms with E-state index >= 15 is 0 Å². The topological polar surface area (TPSA) is 312 Å². The van der Waals surface area contributed by atoms with Crippen LogP contribution in [0.3, 0.4) is 0 Å². The number of oxime groups is 1. The number of carboxylic acids is 1. The summed E-state index contributed by atoms with van der Waals surface area (Å²) in [5, 5.41) is 48.2. The average Bonchev–Trinajstić information content (AvgIpc) is 1.60. The van der Waals surface area contributed by atoms with E-state index in [1.165, 1.54) is 66.3 Å². The maximum atomic E-state index is 12.8. The highest BCUT2D eigenvalue weighted by atomic mass is 28.4. The van der Waals surface area contributed by atoms with Crippen molar-refractivity contribution in [1.82, 2.24) is 35.0 Å². The van der Waals surface area contributed by atoms with E-state index in [0.29, 0.717) is 93.5 Å². The average molecular weight is 1490 g/mol. The quantitative estimate of drug-likeness (QED) is 0.0131. The Morgan fingerprint density at radius 3 is 1.31 bits per heavy atom. The number of hydrogen-bond donors (Lipinski definition) is 5. The molecule has 3 amide bonds. The Balaban J connectivity index is 0.000000125. The lowest BCUT2D eigenvalue weighted by atomic mass is 9.80. The number of aliphatic hydroxyl groups is 2. The number of β-amino-alcohol motifs (C(OH)–C–C–N with tert-alkyl or cyclic N) is 2. The third-order valence-corrected chi connectivity index (χ3v) is 28.3. The smallest absolute Gasteiger partial charge is 0.335 e. The minimum absolute atomic E-state index is 0.00598. The number of carbonyl (C=O) groups excluding carboxylic acids is 3. The molecule has 568 valence electrons. The number of aromatic nitrogens is 4. The van der Waals surface area contributed by atoms with Crippen LogP contribution in [0.2, 0.25) is 18.1 Å². The van der Waals surface area contributed by atoms with Crippen molar-refractivity contribution < 1.29 is 67.4 Å². The van der Waals surface area contributed by atoms with Crippen LogP contribution in [0.4, 0.5) is 0 Å². The standard InChI is InChI=1S/2C26H27N3O4.C21H33N3O3Si.C11H12O3/c2*30-13-12-29-16-26(14-23(29)31)11-10-20-21(2-1-3-22(20)26)24-27-25(33-28-24)18-6-8-19(9-7-18)32-15-17-4-5-17;1-20(2,3)28(4,5)27-12-11-24-14-21(13-18(24)25)10-9-15-16(19(22)23-26)7-6-8-17(15)21;12-11(13)9-3-5-10(6-4-9)14-7-8-1-2-8/h2*1-3,6-9,17,30H,4-5,10-16H2;6-8,26H,9-14H2,1-5H3,(H2,22,23);3-6,8H,1-2,7H2,(H,12,13). The van der Waals surface area contributed by atoms with Gasteiger partial charge < -0.3 is 68.6 Å². The van der Waals surface area contributed by atoms with Gasteiger partial charge in [0.25, 0.3) is 11.8 Å². The molecule has 6 aromatic carbocycles. The van der Waals surface area contributed by atoms with E-state index in [1.54, 1.807) is 34.1 Å². The third-order valence-electron chi connectivity index (χ3n) is 23.7. The van der Waals surface area contributed by atoms with Gasteiger partial charge in [0.1, 0.15) is 17.2 Å². The summed E-state index contributed by atoms with van der Waals surface area (Å²) >= 11 is 0. The first-order valence-corrected chi connectivity index (χ1v) is 41.1. The second kappa shape index (κ2) is 31.4. The second-order valence-corrected chi connectivity index (χ2v) is 37.2. The number of fused-ring (bicyclic) bond motifs is 6. The summed E-state index contributed by atoms with van der Waals surface area (Å²) in [5.41, 5.74) is 17.2. The number of benzene rings is 6. The van der Waals surface area contributed by atoms with Crippen LogP contribution in [0.15, 0.2) is 142 Å². The van der Waals surface area contributed by atoms with Gasteiger partial charge in [-0.3, -0.25) is 14.4 Å². The van der Waals surface area contributed by atoms with Crippen LogP contribution in [0.25, 0.3) is 45.7 Å². The number of ether oxygens (including phenoxy) is 3. The van der Waals surface area contributed by atoms with Crippen LogP contribution in [0.1, 0.15) is 147 Å². The molecule has 8 aromatic rings. The second-order valence-electron chi connectivity index (χ2n) is 32.3. The lowest BCUT2D eigenvalue weighted by Crippen LogP contribution is -2.43. The number of aromatic carboxylic acids is 1. The molecule has 3 saturated carbocycles. The lowest BCUT2D eigenvalue weighted by molar-refractivity contribution is -0.128. The zero-order valence-electron chi connectivity index (χ0n) is 62.5. The fourth-order valence-corrected chi connectivity index (χ4v) is 17.0. The number of carbonyl (C=O) groups is 4. The van der Waals surface area contributed by atoms with E-state index in [2.05, 4.69) is 77.5 Å². The zero-order valence-corrected chi connectivity index (χ0v) is 63.5. The van der Waals surface area contributed by atoms with Gasteiger partial charge in [0.2, 0.25) is 29.4 Å². The fourth-order valence-electron chi connectivity index (χ4n) is 16.0. The zero-order chi connectivity index (χ0) is 75.5. The summed E-state index contributed by atoms with van der Waals surface area (Å²) in [6.07, 6.45) is 14.5. The molecule has 17 rings (SSSR count). The molecule has 24 heteroatoms. The van der Waals surface area contributed by atoms with E-state index in [1.807, 2.05) is 89.8 Å². The molecule has 3 aliphatic heterocycles. The summed E-state index contributed by atoms with van der Waals surface area (Å²) < 4.78 is 34.6. The molecule has 0 bridgehead atoms. The molecule has 6 fully saturated rings. The molecule has 3 unspecified atom stereocenters. The number of amides is 3.